The van der Waals surface area contributed by atoms with Gasteiger partial charge in [-0.3, -0.25) is 9.59 Å². The first kappa shape index (κ1) is 18.6. The Labute approximate surface area is 153 Å². The number of benzene rings is 1. The fraction of sp³-hybridized carbons (Fsp3) is 0.294. The number of amides is 1. The van der Waals surface area contributed by atoms with E-state index in [2.05, 4.69) is 21.2 Å². The number of hydrogen-bond acceptors (Lipinski definition) is 5. The zero-order valence-corrected chi connectivity index (χ0v) is 15.4. The smallest absolute Gasteiger partial charge is 0.306 e. The molecule has 0 bridgehead atoms. The van der Waals surface area contributed by atoms with E-state index in [9.17, 15) is 9.59 Å². The molecule has 0 aliphatic carbocycles. The summed E-state index contributed by atoms with van der Waals surface area (Å²) in [5.41, 5.74) is 0. The first-order valence-corrected chi connectivity index (χ1v) is 9.24. The van der Waals surface area contributed by atoms with Crippen molar-refractivity contribution in [2.75, 3.05) is 18.9 Å². The van der Waals surface area contributed by atoms with Crippen LogP contribution in [0.2, 0.25) is 0 Å². The Morgan fingerprint density at radius 1 is 1.21 bits per heavy atom. The molecule has 1 N–H and O–H groups in total. The van der Waals surface area contributed by atoms with E-state index in [4.69, 9.17) is 9.15 Å². The number of hydrogen-bond donors (Lipinski definition) is 1. The summed E-state index contributed by atoms with van der Waals surface area (Å²) in [6, 6.07) is 11.5. The molecule has 0 aliphatic rings. The summed E-state index contributed by atoms with van der Waals surface area (Å²) in [5.74, 6) is 0.768. The van der Waals surface area contributed by atoms with Crippen molar-refractivity contribution in [2.45, 2.75) is 17.7 Å². The van der Waals surface area contributed by atoms with E-state index in [1.54, 1.807) is 30.2 Å². The molecule has 0 saturated heterocycles. The molecular formula is C17H18BrNO4S. The van der Waals surface area contributed by atoms with Crippen LogP contribution in [0.4, 0.5) is 0 Å². The highest BCUT2D eigenvalue weighted by Gasteiger charge is 2.08. The second-order valence-electron chi connectivity index (χ2n) is 4.89. The number of furan rings is 1. The van der Waals surface area contributed by atoms with Gasteiger partial charge in [-0.15, -0.1) is 11.8 Å². The van der Waals surface area contributed by atoms with E-state index in [0.29, 0.717) is 13.0 Å². The van der Waals surface area contributed by atoms with Gasteiger partial charge in [0.25, 0.3) is 5.91 Å². The number of carbonyl (C=O) groups is 2. The number of aryl methyl sites for hydroxylation is 1. The predicted octanol–water partition coefficient (Wildman–Crippen LogP) is 3.43. The maximum atomic E-state index is 11.6. The summed E-state index contributed by atoms with van der Waals surface area (Å²) in [5, 5.41) is 2.72. The van der Waals surface area contributed by atoms with Crippen molar-refractivity contribution >= 4 is 39.6 Å². The Morgan fingerprint density at radius 2 is 2.00 bits per heavy atom. The summed E-state index contributed by atoms with van der Waals surface area (Å²) in [4.78, 5) is 24.3. The van der Waals surface area contributed by atoms with E-state index < -0.39 is 5.97 Å². The van der Waals surface area contributed by atoms with Gasteiger partial charge < -0.3 is 14.5 Å². The van der Waals surface area contributed by atoms with Crippen LogP contribution in [0.5, 0.6) is 0 Å². The molecular weight excluding hydrogens is 394 g/mol. The van der Waals surface area contributed by atoms with E-state index in [1.165, 1.54) is 0 Å². The number of thioether (sulfide) groups is 1. The second kappa shape index (κ2) is 10.2. The minimum Gasteiger partial charge on any atom is -0.469 e. The first-order chi connectivity index (χ1) is 11.6. The lowest BCUT2D eigenvalue weighted by molar-refractivity contribution is -0.148. The van der Waals surface area contributed by atoms with Crippen LogP contribution in [0.3, 0.4) is 0 Å². The van der Waals surface area contributed by atoms with E-state index in [1.807, 2.05) is 24.3 Å². The average Bonchev–Trinajstić information content (AvgIpc) is 3.10. The minimum absolute atomic E-state index is 0.195. The van der Waals surface area contributed by atoms with Gasteiger partial charge in [0.05, 0.1) is 12.7 Å². The fourth-order valence-corrected chi connectivity index (χ4v) is 2.87. The van der Waals surface area contributed by atoms with Crippen molar-refractivity contribution < 1.29 is 18.7 Å². The van der Waals surface area contributed by atoms with Crippen LogP contribution in [0, 0.1) is 0 Å². The second-order valence-corrected chi connectivity index (χ2v) is 6.98. The molecule has 1 heterocycles. The molecule has 128 valence electrons. The third kappa shape index (κ3) is 7.23. The molecule has 0 spiro atoms. The molecule has 24 heavy (non-hydrogen) atoms. The maximum absolute atomic E-state index is 11.6. The largest absolute Gasteiger partial charge is 0.469 e. The predicted molar refractivity (Wildman–Crippen MR) is 95.9 cm³/mol. The monoisotopic (exact) mass is 411 g/mol. The highest BCUT2D eigenvalue weighted by atomic mass is 79.9. The molecule has 2 aromatic rings. The lowest BCUT2D eigenvalue weighted by Crippen LogP contribution is -2.30. The molecule has 1 amide bonds. The zero-order valence-electron chi connectivity index (χ0n) is 13.0. The maximum Gasteiger partial charge on any atom is 0.306 e. The number of nitrogens with one attached hydrogen (secondary N) is 1. The number of rotatable bonds is 9. The lowest BCUT2D eigenvalue weighted by atomic mass is 10.2. The Hall–Kier alpha value is -1.73. The van der Waals surface area contributed by atoms with Gasteiger partial charge in [-0.2, -0.15) is 0 Å². The molecule has 0 unspecified atom stereocenters. The van der Waals surface area contributed by atoms with Gasteiger partial charge in [0, 0.05) is 28.1 Å². The highest BCUT2D eigenvalue weighted by Crippen LogP contribution is 2.19. The summed E-state index contributed by atoms with van der Waals surface area (Å²) in [7, 11) is 0. The standard InChI is InChI=1S/C17H18BrNO4S/c18-13-3-6-15(7-4-13)24-11-9-19-16(20)12-23-17(21)8-5-14-2-1-10-22-14/h1-4,6-7,10H,5,8-9,11-12H2,(H,19,20). The SMILES string of the molecule is O=C(COC(=O)CCc1ccco1)NCCSc1ccc(Br)cc1. The van der Waals surface area contributed by atoms with Crippen molar-refractivity contribution in [3.63, 3.8) is 0 Å². The van der Waals surface area contributed by atoms with Gasteiger partial charge in [0.1, 0.15) is 5.76 Å². The summed E-state index contributed by atoms with van der Waals surface area (Å²) in [6.07, 6.45) is 2.22. The van der Waals surface area contributed by atoms with Crippen molar-refractivity contribution in [2.24, 2.45) is 0 Å². The van der Waals surface area contributed by atoms with Crippen LogP contribution < -0.4 is 5.32 Å². The summed E-state index contributed by atoms with van der Waals surface area (Å²) in [6.45, 7) is 0.267. The minimum atomic E-state index is -0.411. The van der Waals surface area contributed by atoms with Crippen LogP contribution in [-0.4, -0.2) is 30.8 Å². The van der Waals surface area contributed by atoms with Crippen molar-refractivity contribution in [1.29, 1.82) is 0 Å². The summed E-state index contributed by atoms with van der Waals surface area (Å²) < 4.78 is 11.1. The molecule has 0 saturated carbocycles. The molecule has 1 aromatic heterocycles. The number of halogens is 1. The van der Waals surface area contributed by atoms with Crippen LogP contribution in [0.25, 0.3) is 0 Å². The van der Waals surface area contributed by atoms with Crippen LogP contribution in [0.1, 0.15) is 12.2 Å². The fourth-order valence-electron chi connectivity index (χ4n) is 1.84. The third-order valence-electron chi connectivity index (χ3n) is 3.03. The van der Waals surface area contributed by atoms with E-state index in [-0.39, 0.29) is 18.9 Å². The Balaban J connectivity index is 1.53. The van der Waals surface area contributed by atoms with Crippen LogP contribution in [0.15, 0.2) is 56.4 Å². The molecule has 1 aromatic carbocycles. The molecule has 0 atom stereocenters. The van der Waals surface area contributed by atoms with E-state index >= 15 is 0 Å². The Bertz CT molecular complexity index is 643. The highest BCUT2D eigenvalue weighted by molar-refractivity contribution is 9.10. The van der Waals surface area contributed by atoms with Gasteiger partial charge in [-0.1, -0.05) is 15.9 Å². The van der Waals surface area contributed by atoms with E-state index in [0.717, 1.165) is 20.9 Å². The van der Waals surface area contributed by atoms with Gasteiger partial charge in [-0.05, 0) is 36.4 Å². The quantitative estimate of drug-likeness (QED) is 0.388. The van der Waals surface area contributed by atoms with Gasteiger partial charge in [0.2, 0.25) is 0 Å². The molecule has 2 rings (SSSR count). The molecule has 0 aliphatic heterocycles. The van der Waals surface area contributed by atoms with Crippen molar-refractivity contribution in [1.82, 2.24) is 5.32 Å². The first-order valence-electron chi connectivity index (χ1n) is 7.46. The molecule has 0 radical (unpaired) electrons. The number of carbonyl (C=O) groups excluding carboxylic acids is 2. The van der Waals surface area contributed by atoms with Gasteiger partial charge in [0.15, 0.2) is 6.61 Å². The molecule has 5 nitrogen and oxygen atoms in total. The summed E-state index contributed by atoms with van der Waals surface area (Å²) >= 11 is 5.03. The van der Waals surface area contributed by atoms with Gasteiger partial charge >= 0.3 is 5.97 Å². The Morgan fingerprint density at radius 3 is 2.71 bits per heavy atom. The van der Waals surface area contributed by atoms with Crippen LogP contribution in [-0.2, 0) is 20.7 Å². The molecule has 0 fully saturated rings. The molecule has 7 heteroatoms. The third-order valence-corrected chi connectivity index (χ3v) is 4.57. The van der Waals surface area contributed by atoms with Crippen molar-refractivity contribution in [3.8, 4) is 0 Å². The normalized spacial score (nSPS) is 10.4. The zero-order chi connectivity index (χ0) is 17.2. The van der Waals surface area contributed by atoms with Gasteiger partial charge in [-0.25, -0.2) is 0 Å². The van der Waals surface area contributed by atoms with Crippen LogP contribution >= 0.6 is 27.7 Å². The topological polar surface area (TPSA) is 68.5 Å². The Kier molecular flexibility index (Phi) is 7.91. The average molecular weight is 412 g/mol. The number of ether oxygens (including phenoxy) is 1. The lowest BCUT2D eigenvalue weighted by Gasteiger charge is -2.06. The van der Waals surface area contributed by atoms with Crippen molar-refractivity contribution in [3.05, 3.63) is 52.9 Å². The number of esters is 1.